The first-order chi connectivity index (χ1) is 10.9. The monoisotopic (exact) mass is 339 g/mol. The van der Waals surface area contributed by atoms with Crippen molar-refractivity contribution in [3.8, 4) is 0 Å². The number of carbonyl (C=O) groups is 3. The van der Waals surface area contributed by atoms with E-state index in [2.05, 4.69) is 0 Å². The van der Waals surface area contributed by atoms with E-state index in [1.165, 1.54) is 11.3 Å². The van der Waals surface area contributed by atoms with Crippen LogP contribution in [0.1, 0.15) is 51.4 Å². The van der Waals surface area contributed by atoms with Crippen molar-refractivity contribution in [2.24, 2.45) is 17.3 Å². The molecule has 0 spiro atoms. The number of imide groups is 1. The lowest BCUT2D eigenvalue weighted by Gasteiger charge is -2.58. The summed E-state index contributed by atoms with van der Waals surface area (Å²) >= 11 is 6.72. The third kappa shape index (κ3) is 2.57. The fourth-order valence-corrected chi connectivity index (χ4v) is 6.35. The van der Waals surface area contributed by atoms with Crippen LogP contribution >= 0.6 is 11.6 Å². The minimum atomic E-state index is -0.499. The van der Waals surface area contributed by atoms with Gasteiger partial charge in [0, 0.05) is 17.8 Å². The second-order valence-corrected chi connectivity index (χ2v) is 8.81. The number of hydrogen-bond donors (Lipinski definition) is 0. The fraction of sp³-hybridized carbons (Fsp3) is 0.824. The van der Waals surface area contributed by atoms with Gasteiger partial charge in [-0.3, -0.25) is 19.3 Å². The van der Waals surface area contributed by atoms with E-state index >= 15 is 0 Å². The van der Waals surface area contributed by atoms with Gasteiger partial charge in [-0.1, -0.05) is 0 Å². The first-order valence-electron chi connectivity index (χ1n) is 8.59. The van der Waals surface area contributed by atoms with Crippen molar-refractivity contribution in [3.05, 3.63) is 0 Å². The van der Waals surface area contributed by atoms with E-state index in [1.54, 1.807) is 0 Å². The number of nitrogens with zero attached hydrogens (tertiary/aromatic N) is 1. The van der Waals surface area contributed by atoms with Crippen LogP contribution in [-0.4, -0.2) is 40.7 Å². The van der Waals surface area contributed by atoms with Crippen molar-refractivity contribution in [2.45, 2.75) is 56.2 Å². The molecule has 0 N–H and O–H groups in total. The molecule has 4 bridgehead atoms. The predicted molar refractivity (Wildman–Crippen MR) is 82.6 cm³/mol. The van der Waals surface area contributed by atoms with Crippen molar-refractivity contribution < 1.29 is 19.1 Å². The van der Waals surface area contributed by atoms with Crippen molar-refractivity contribution in [2.75, 3.05) is 13.2 Å². The molecule has 4 aliphatic carbocycles. The molecule has 0 aromatic rings. The smallest absolute Gasteiger partial charge is 0.312 e. The molecular formula is C17H22ClNO4. The number of carbonyl (C=O) groups excluding carboxylic acids is 3. The van der Waals surface area contributed by atoms with Gasteiger partial charge in [0.05, 0.1) is 5.41 Å². The topological polar surface area (TPSA) is 63.7 Å². The van der Waals surface area contributed by atoms with Crippen LogP contribution in [0.4, 0.5) is 0 Å². The van der Waals surface area contributed by atoms with E-state index in [-0.39, 0.29) is 23.4 Å². The number of likely N-dealkylation sites (tertiary alicyclic amines) is 1. The molecule has 5 aliphatic rings. The van der Waals surface area contributed by atoms with Gasteiger partial charge in [-0.05, 0) is 56.8 Å². The SMILES string of the molecule is O=C1CCCN1C(=O)COC(=O)C12CC3CC(CC(Cl)(C3)C1)C2. The van der Waals surface area contributed by atoms with Crippen LogP contribution in [0.15, 0.2) is 0 Å². The zero-order valence-electron chi connectivity index (χ0n) is 13.2. The number of rotatable bonds is 3. The molecule has 0 radical (unpaired) electrons. The fourth-order valence-electron chi connectivity index (χ4n) is 5.66. The summed E-state index contributed by atoms with van der Waals surface area (Å²) < 4.78 is 5.35. The summed E-state index contributed by atoms with van der Waals surface area (Å²) in [4.78, 5) is 37.3. The lowest BCUT2D eigenvalue weighted by atomic mass is 9.49. The van der Waals surface area contributed by atoms with Gasteiger partial charge >= 0.3 is 5.97 Å². The molecule has 4 saturated carbocycles. The van der Waals surface area contributed by atoms with Crippen LogP contribution in [0.3, 0.4) is 0 Å². The van der Waals surface area contributed by atoms with Crippen LogP contribution in [0, 0.1) is 17.3 Å². The Hall–Kier alpha value is -1.10. The molecule has 1 saturated heterocycles. The number of ether oxygens (including phenoxy) is 1. The minimum Gasteiger partial charge on any atom is -0.455 e. The molecule has 2 atom stereocenters. The van der Waals surface area contributed by atoms with E-state index in [4.69, 9.17) is 16.3 Å². The molecule has 2 unspecified atom stereocenters. The standard InChI is InChI=1S/C17H22ClNO4/c18-17-7-11-4-12(8-17)6-16(5-11,10-17)15(22)23-9-14(21)19-3-1-2-13(19)20/h11-12H,1-10H2. The summed E-state index contributed by atoms with van der Waals surface area (Å²) in [5, 5.41) is 0. The zero-order valence-corrected chi connectivity index (χ0v) is 13.9. The molecule has 5 rings (SSSR count). The molecule has 126 valence electrons. The highest BCUT2D eigenvalue weighted by molar-refractivity contribution is 6.24. The van der Waals surface area contributed by atoms with Gasteiger partial charge in [-0.2, -0.15) is 0 Å². The minimum absolute atomic E-state index is 0.166. The van der Waals surface area contributed by atoms with Gasteiger partial charge in [-0.15, -0.1) is 11.6 Å². The van der Waals surface area contributed by atoms with Crippen molar-refractivity contribution >= 4 is 29.4 Å². The van der Waals surface area contributed by atoms with E-state index < -0.39 is 11.3 Å². The van der Waals surface area contributed by atoms with Crippen molar-refractivity contribution in [3.63, 3.8) is 0 Å². The Labute approximate surface area is 140 Å². The van der Waals surface area contributed by atoms with E-state index in [1.807, 2.05) is 0 Å². The maximum atomic E-state index is 12.7. The largest absolute Gasteiger partial charge is 0.455 e. The summed E-state index contributed by atoms with van der Waals surface area (Å²) in [6, 6.07) is 0. The lowest BCUT2D eigenvalue weighted by molar-refractivity contribution is -0.173. The molecular weight excluding hydrogens is 318 g/mol. The molecule has 0 aromatic carbocycles. The Morgan fingerprint density at radius 2 is 1.91 bits per heavy atom. The molecule has 0 aromatic heterocycles. The highest BCUT2D eigenvalue weighted by atomic mass is 35.5. The van der Waals surface area contributed by atoms with Gasteiger partial charge in [0.1, 0.15) is 0 Å². The van der Waals surface area contributed by atoms with Crippen LogP contribution < -0.4 is 0 Å². The average molecular weight is 340 g/mol. The molecule has 2 amide bonds. The van der Waals surface area contributed by atoms with Gasteiger partial charge in [0.15, 0.2) is 6.61 Å². The maximum Gasteiger partial charge on any atom is 0.312 e. The molecule has 1 aliphatic heterocycles. The Bertz CT molecular complexity index is 561. The number of hydrogen-bond acceptors (Lipinski definition) is 4. The van der Waals surface area contributed by atoms with Gasteiger partial charge in [-0.25, -0.2) is 0 Å². The van der Waals surface area contributed by atoms with Crippen LogP contribution in [0.2, 0.25) is 0 Å². The van der Waals surface area contributed by atoms with E-state index in [0.29, 0.717) is 37.6 Å². The summed E-state index contributed by atoms with van der Waals surface area (Å²) in [6.45, 7) is 0.117. The molecule has 5 nitrogen and oxygen atoms in total. The Morgan fingerprint density at radius 1 is 1.22 bits per heavy atom. The average Bonchev–Trinajstić information content (AvgIpc) is 2.88. The van der Waals surface area contributed by atoms with E-state index in [9.17, 15) is 14.4 Å². The van der Waals surface area contributed by atoms with Gasteiger partial charge < -0.3 is 4.74 Å². The van der Waals surface area contributed by atoms with E-state index in [0.717, 1.165) is 25.7 Å². The lowest BCUT2D eigenvalue weighted by Crippen LogP contribution is -2.56. The second-order valence-electron chi connectivity index (χ2n) is 8.01. The normalized spacial score (nSPS) is 41.4. The second kappa shape index (κ2) is 5.20. The van der Waals surface area contributed by atoms with Crippen LogP contribution in [-0.2, 0) is 19.1 Å². The first kappa shape index (κ1) is 15.4. The molecule has 1 heterocycles. The number of esters is 1. The van der Waals surface area contributed by atoms with Crippen molar-refractivity contribution in [1.82, 2.24) is 4.90 Å². The van der Waals surface area contributed by atoms with Crippen LogP contribution in [0.5, 0.6) is 0 Å². The molecule has 5 fully saturated rings. The zero-order chi connectivity index (χ0) is 16.2. The summed E-state index contributed by atoms with van der Waals surface area (Å²) in [5.74, 6) is 0.178. The first-order valence-corrected chi connectivity index (χ1v) is 8.96. The maximum absolute atomic E-state index is 12.7. The Morgan fingerprint density at radius 3 is 2.48 bits per heavy atom. The molecule has 6 heteroatoms. The third-order valence-corrected chi connectivity index (χ3v) is 6.57. The highest BCUT2D eigenvalue weighted by Gasteiger charge is 2.60. The Balaban J connectivity index is 1.41. The Kier molecular flexibility index (Phi) is 3.49. The van der Waals surface area contributed by atoms with Crippen LogP contribution in [0.25, 0.3) is 0 Å². The molecule has 23 heavy (non-hydrogen) atoms. The van der Waals surface area contributed by atoms with Gasteiger partial charge in [0.25, 0.3) is 5.91 Å². The summed E-state index contributed by atoms with van der Waals surface area (Å²) in [6.07, 6.45) is 6.63. The number of amides is 2. The van der Waals surface area contributed by atoms with Gasteiger partial charge in [0.2, 0.25) is 5.91 Å². The summed E-state index contributed by atoms with van der Waals surface area (Å²) in [7, 11) is 0. The predicted octanol–water partition coefficient (Wildman–Crippen LogP) is 2.26. The number of halogens is 1. The van der Waals surface area contributed by atoms with Crippen molar-refractivity contribution in [1.29, 1.82) is 0 Å². The quantitative estimate of drug-likeness (QED) is 0.584. The highest BCUT2D eigenvalue weighted by Crippen LogP contribution is 2.64. The third-order valence-electron chi connectivity index (χ3n) is 6.12. The number of alkyl halides is 1. The summed E-state index contributed by atoms with van der Waals surface area (Å²) in [5.41, 5.74) is -0.499.